The molecule has 0 aliphatic carbocycles. The summed E-state index contributed by atoms with van der Waals surface area (Å²) >= 11 is 30.9. The van der Waals surface area contributed by atoms with Crippen molar-refractivity contribution in [2.75, 3.05) is 4.90 Å². The first-order valence-electron chi connectivity index (χ1n) is 5.22. The molecular formula is C11H8Cl5NOS. The summed E-state index contributed by atoms with van der Waals surface area (Å²) in [6.07, 6.45) is 0. The van der Waals surface area contributed by atoms with E-state index in [1.54, 1.807) is 25.1 Å². The van der Waals surface area contributed by atoms with Crippen molar-refractivity contribution in [2.24, 2.45) is 0 Å². The van der Waals surface area contributed by atoms with Crippen molar-refractivity contribution < 1.29 is 4.79 Å². The molecule has 2 rings (SSSR count). The summed E-state index contributed by atoms with van der Waals surface area (Å²) < 4.78 is -1.59. The Kier molecular flexibility index (Phi) is 4.76. The molecule has 1 aliphatic heterocycles. The van der Waals surface area contributed by atoms with E-state index in [9.17, 15) is 4.79 Å². The molecule has 19 heavy (non-hydrogen) atoms. The molecule has 0 spiro atoms. The molecule has 1 aromatic rings. The Hall–Kier alpha value is 0.490. The van der Waals surface area contributed by atoms with Crippen molar-refractivity contribution in [1.82, 2.24) is 0 Å². The maximum absolute atomic E-state index is 12.2. The van der Waals surface area contributed by atoms with E-state index in [1.807, 2.05) is 0 Å². The third-order valence-corrected chi connectivity index (χ3v) is 5.79. The molecule has 104 valence electrons. The van der Waals surface area contributed by atoms with Crippen molar-refractivity contribution in [3.05, 3.63) is 28.2 Å². The quantitative estimate of drug-likeness (QED) is 0.628. The summed E-state index contributed by atoms with van der Waals surface area (Å²) in [5, 5.41) is -0.130. The third kappa shape index (κ3) is 3.22. The molecule has 0 radical (unpaired) electrons. The number of anilines is 1. The fraction of sp³-hybridized carbons (Fsp3) is 0.364. The molecule has 1 aliphatic rings. The molecule has 1 amide bonds. The van der Waals surface area contributed by atoms with Crippen molar-refractivity contribution in [2.45, 2.75) is 21.3 Å². The van der Waals surface area contributed by atoms with Gasteiger partial charge in [-0.15, -0.1) is 11.8 Å². The molecule has 2 unspecified atom stereocenters. The van der Waals surface area contributed by atoms with E-state index in [4.69, 9.17) is 58.0 Å². The van der Waals surface area contributed by atoms with Gasteiger partial charge in [0.1, 0.15) is 5.37 Å². The number of rotatable bonds is 1. The lowest BCUT2D eigenvalue weighted by molar-refractivity contribution is -0.117. The van der Waals surface area contributed by atoms with Crippen LogP contribution in [-0.2, 0) is 4.79 Å². The largest absolute Gasteiger partial charge is 0.295 e. The average molecular weight is 380 g/mol. The van der Waals surface area contributed by atoms with Gasteiger partial charge < -0.3 is 0 Å². The minimum absolute atomic E-state index is 0.125. The van der Waals surface area contributed by atoms with Gasteiger partial charge in [-0.3, -0.25) is 9.69 Å². The number of benzene rings is 1. The highest BCUT2D eigenvalue weighted by Gasteiger charge is 2.48. The molecule has 8 heteroatoms. The Balaban J connectivity index is 2.44. The summed E-state index contributed by atoms with van der Waals surface area (Å²) in [4.78, 5) is 13.7. The van der Waals surface area contributed by atoms with Gasteiger partial charge in [0.05, 0.1) is 15.3 Å². The van der Waals surface area contributed by atoms with Crippen LogP contribution in [-0.4, -0.2) is 20.3 Å². The first-order chi connectivity index (χ1) is 8.71. The monoisotopic (exact) mass is 377 g/mol. The number of carbonyl (C=O) groups excluding carboxylic acids is 1. The van der Waals surface area contributed by atoms with Crippen LogP contribution in [0.4, 0.5) is 5.69 Å². The fourth-order valence-electron chi connectivity index (χ4n) is 1.74. The van der Waals surface area contributed by atoms with Crippen LogP contribution in [0, 0.1) is 0 Å². The number of hydrogen-bond acceptors (Lipinski definition) is 2. The topological polar surface area (TPSA) is 20.3 Å². The normalized spacial score (nSPS) is 24.1. The highest BCUT2D eigenvalue weighted by Crippen LogP contribution is 2.47. The van der Waals surface area contributed by atoms with Crippen LogP contribution in [0.5, 0.6) is 0 Å². The number of alkyl halides is 3. The van der Waals surface area contributed by atoms with E-state index in [0.29, 0.717) is 15.7 Å². The van der Waals surface area contributed by atoms with Crippen molar-refractivity contribution in [3.63, 3.8) is 0 Å². The standard InChI is InChI=1S/C11H8Cl5NOS/c1-5-9(18)17(10(19-5)11(14,15)16)6-2-3-7(12)8(13)4-6/h2-5,10H,1H3. The first kappa shape index (κ1) is 15.9. The zero-order chi connectivity index (χ0) is 14.4. The van der Waals surface area contributed by atoms with Gasteiger partial charge in [-0.2, -0.15) is 0 Å². The van der Waals surface area contributed by atoms with E-state index in [2.05, 4.69) is 0 Å². The number of carbonyl (C=O) groups is 1. The molecule has 1 fully saturated rings. The van der Waals surface area contributed by atoms with E-state index < -0.39 is 9.17 Å². The van der Waals surface area contributed by atoms with Crippen LogP contribution in [0.3, 0.4) is 0 Å². The molecular weight excluding hydrogens is 371 g/mol. The lowest BCUT2D eigenvalue weighted by atomic mass is 10.2. The average Bonchev–Trinajstić information content (AvgIpc) is 2.60. The maximum atomic E-state index is 12.2. The number of amides is 1. The second-order valence-electron chi connectivity index (χ2n) is 3.98. The first-order valence-corrected chi connectivity index (χ1v) is 8.05. The summed E-state index contributed by atoms with van der Waals surface area (Å²) in [5.74, 6) is -0.125. The van der Waals surface area contributed by atoms with E-state index >= 15 is 0 Å². The summed E-state index contributed by atoms with van der Waals surface area (Å²) in [6, 6.07) is 4.87. The predicted molar refractivity (Wildman–Crippen MR) is 85.1 cm³/mol. The number of halogens is 5. The summed E-state index contributed by atoms with van der Waals surface area (Å²) in [7, 11) is 0. The van der Waals surface area contributed by atoms with Gasteiger partial charge >= 0.3 is 0 Å². The molecule has 1 heterocycles. The molecule has 0 aromatic heterocycles. The van der Waals surface area contributed by atoms with Crippen molar-refractivity contribution >= 4 is 81.4 Å². The second kappa shape index (κ2) is 5.70. The minimum Gasteiger partial charge on any atom is -0.295 e. The van der Waals surface area contributed by atoms with Crippen LogP contribution >= 0.6 is 69.8 Å². The molecule has 1 aromatic carbocycles. The Morgan fingerprint density at radius 3 is 2.37 bits per heavy atom. The van der Waals surface area contributed by atoms with E-state index in [0.717, 1.165) is 0 Å². The summed E-state index contributed by atoms with van der Waals surface area (Å²) in [6.45, 7) is 1.77. The predicted octanol–water partition coefficient (Wildman–Crippen LogP) is 5.16. The van der Waals surface area contributed by atoms with Crippen molar-refractivity contribution in [3.8, 4) is 0 Å². The van der Waals surface area contributed by atoms with Gasteiger partial charge in [-0.05, 0) is 25.1 Å². The third-order valence-electron chi connectivity index (χ3n) is 2.61. The van der Waals surface area contributed by atoms with Crippen LogP contribution < -0.4 is 4.90 Å². The number of nitrogens with zero attached hydrogens (tertiary/aromatic N) is 1. The zero-order valence-corrected chi connectivity index (χ0v) is 14.1. The Morgan fingerprint density at radius 2 is 1.84 bits per heavy atom. The van der Waals surface area contributed by atoms with Gasteiger partial charge in [-0.1, -0.05) is 58.0 Å². The Morgan fingerprint density at radius 1 is 1.21 bits per heavy atom. The second-order valence-corrected chi connectivity index (χ2v) is 8.59. The maximum Gasteiger partial charge on any atom is 0.241 e. The minimum atomic E-state index is -1.59. The highest BCUT2D eigenvalue weighted by atomic mass is 35.6. The molecule has 0 saturated carbocycles. The van der Waals surface area contributed by atoms with Gasteiger partial charge in [0.25, 0.3) is 0 Å². The van der Waals surface area contributed by atoms with Crippen molar-refractivity contribution in [1.29, 1.82) is 0 Å². The van der Waals surface area contributed by atoms with Crippen LogP contribution in [0.25, 0.3) is 0 Å². The van der Waals surface area contributed by atoms with Gasteiger partial charge in [0, 0.05) is 5.69 Å². The molecule has 0 bridgehead atoms. The Bertz CT molecular complexity index is 518. The van der Waals surface area contributed by atoms with Gasteiger partial charge in [0.2, 0.25) is 9.70 Å². The van der Waals surface area contributed by atoms with Gasteiger partial charge in [-0.25, -0.2) is 0 Å². The molecule has 2 nitrogen and oxygen atoms in total. The van der Waals surface area contributed by atoms with Crippen LogP contribution in [0.15, 0.2) is 18.2 Å². The highest BCUT2D eigenvalue weighted by molar-refractivity contribution is 8.02. The lowest BCUT2D eigenvalue weighted by Gasteiger charge is -2.29. The van der Waals surface area contributed by atoms with E-state index in [-0.39, 0.29) is 11.2 Å². The molecule has 0 N–H and O–H groups in total. The van der Waals surface area contributed by atoms with E-state index in [1.165, 1.54) is 16.7 Å². The summed E-state index contributed by atoms with van der Waals surface area (Å²) in [5.41, 5.74) is 0.563. The van der Waals surface area contributed by atoms with Crippen LogP contribution in [0.1, 0.15) is 6.92 Å². The number of thioether (sulfide) groups is 1. The number of hydrogen-bond donors (Lipinski definition) is 0. The lowest BCUT2D eigenvalue weighted by Crippen LogP contribution is -2.41. The molecule has 1 saturated heterocycles. The fourth-order valence-corrected chi connectivity index (χ4v) is 3.91. The smallest absolute Gasteiger partial charge is 0.241 e. The molecule has 2 atom stereocenters. The zero-order valence-electron chi connectivity index (χ0n) is 9.54. The SMILES string of the molecule is CC1SC(C(Cl)(Cl)Cl)N(c2ccc(Cl)c(Cl)c2)C1=O. The Labute approximate surface area is 140 Å². The van der Waals surface area contributed by atoms with Gasteiger partial charge in [0.15, 0.2) is 0 Å². The van der Waals surface area contributed by atoms with Crippen LogP contribution in [0.2, 0.25) is 10.0 Å².